The zero-order valence-electron chi connectivity index (χ0n) is 6.31. The number of rotatable bonds is 2. The Hall–Kier alpha value is -0.126. The Labute approximate surface area is 65.5 Å². The summed E-state index contributed by atoms with van der Waals surface area (Å²) < 4.78 is 5.53. The first-order valence-electron chi connectivity index (χ1n) is 3.68. The molecule has 56 valence electrons. The highest BCUT2D eigenvalue weighted by Gasteiger charge is 2.29. The zero-order chi connectivity index (χ0) is 7.45. The van der Waals surface area contributed by atoms with Crippen LogP contribution in [-0.2, 0) is 4.43 Å². The lowest BCUT2D eigenvalue weighted by Crippen LogP contribution is -2.43. The van der Waals surface area contributed by atoms with E-state index >= 15 is 0 Å². The zero-order valence-corrected chi connectivity index (χ0v) is 8.72. The fourth-order valence-corrected chi connectivity index (χ4v) is 7.19. The molecule has 0 aromatic heterocycles. The molecular weight excluding hydrogens is 156 g/mol. The summed E-state index contributed by atoms with van der Waals surface area (Å²) in [7, 11) is -1.47. The molecule has 0 amide bonds. The highest BCUT2D eigenvalue weighted by Crippen LogP contribution is 2.17. The molecule has 0 bridgehead atoms. The monoisotopic (exact) mass is 170 g/mol. The fraction of sp³-hybridized carbons (Fsp3) is 0.429. The van der Waals surface area contributed by atoms with Gasteiger partial charge in [0.25, 0.3) is 0 Å². The first-order valence-corrected chi connectivity index (χ1v) is 8.95. The lowest BCUT2D eigenvalue weighted by molar-refractivity contribution is 0.334. The van der Waals surface area contributed by atoms with Crippen LogP contribution in [0.1, 0.15) is 6.42 Å². The molecule has 0 atom stereocenters. The molecule has 1 heterocycles. The van der Waals surface area contributed by atoms with E-state index in [0.717, 1.165) is 6.61 Å². The van der Waals surface area contributed by atoms with Gasteiger partial charge in [-0.15, -0.1) is 13.2 Å². The molecule has 1 aliphatic rings. The van der Waals surface area contributed by atoms with Gasteiger partial charge in [0.2, 0.25) is 0 Å². The van der Waals surface area contributed by atoms with Crippen molar-refractivity contribution in [3.63, 3.8) is 0 Å². The van der Waals surface area contributed by atoms with Crippen molar-refractivity contribution in [2.24, 2.45) is 0 Å². The van der Waals surface area contributed by atoms with Crippen molar-refractivity contribution in [2.75, 3.05) is 6.61 Å². The third-order valence-corrected chi connectivity index (χ3v) is 11.1. The minimum absolute atomic E-state index is 0.282. The topological polar surface area (TPSA) is 9.23 Å². The van der Waals surface area contributed by atoms with E-state index < -0.39 is 7.59 Å². The molecule has 0 aliphatic carbocycles. The van der Waals surface area contributed by atoms with Gasteiger partial charge in [-0.3, -0.25) is 0 Å². The van der Waals surface area contributed by atoms with Gasteiger partial charge in [-0.05, 0) is 12.5 Å². The highest BCUT2D eigenvalue weighted by molar-refractivity contribution is 7.28. The number of hydrogen-bond acceptors (Lipinski definition) is 1. The van der Waals surface area contributed by atoms with Crippen LogP contribution in [0.5, 0.6) is 0 Å². The standard InChI is InChI=1S/C7H14OSi2/c1-3-10(4-2)7-5-6-8-9-10/h3-4H,1-2,5-7,9H2. The van der Waals surface area contributed by atoms with E-state index in [0.29, 0.717) is 0 Å². The Balaban J connectivity index is 2.60. The van der Waals surface area contributed by atoms with Crippen molar-refractivity contribution in [3.8, 4) is 0 Å². The predicted molar refractivity (Wildman–Crippen MR) is 50.1 cm³/mol. The molecule has 0 unspecified atom stereocenters. The minimum Gasteiger partial charge on any atom is -0.426 e. The molecule has 3 heteroatoms. The van der Waals surface area contributed by atoms with Gasteiger partial charge in [0.05, 0.1) is 0 Å². The molecular formula is C7H14OSi2. The largest absolute Gasteiger partial charge is 0.426 e. The molecule has 0 aromatic carbocycles. The predicted octanol–water partition coefficient (Wildman–Crippen LogP) is 0.886. The summed E-state index contributed by atoms with van der Waals surface area (Å²) in [4.78, 5) is 0. The SMILES string of the molecule is C=C[Si]1(C=C)CCCO[SiH2]1. The van der Waals surface area contributed by atoms with Crippen LogP contribution < -0.4 is 0 Å². The fourth-order valence-electron chi connectivity index (χ4n) is 1.24. The van der Waals surface area contributed by atoms with E-state index in [1.54, 1.807) is 0 Å². The van der Waals surface area contributed by atoms with E-state index in [9.17, 15) is 0 Å². The lowest BCUT2D eigenvalue weighted by atomic mass is 10.5. The normalized spacial score (nSPS) is 26.0. The maximum Gasteiger partial charge on any atom is 0.160 e. The van der Waals surface area contributed by atoms with E-state index in [1.165, 1.54) is 12.5 Å². The Bertz CT molecular complexity index is 129. The second-order valence-electron chi connectivity index (χ2n) is 2.80. The van der Waals surface area contributed by atoms with Crippen molar-refractivity contribution >= 4 is 16.9 Å². The second kappa shape index (κ2) is 3.32. The van der Waals surface area contributed by atoms with Gasteiger partial charge in [-0.25, -0.2) is 0 Å². The average molecular weight is 170 g/mol. The summed E-state index contributed by atoms with van der Waals surface area (Å²) in [5, 5.41) is 0. The van der Waals surface area contributed by atoms with Crippen LogP contribution >= 0.6 is 0 Å². The van der Waals surface area contributed by atoms with Crippen molar-refractivity contribution in [1.82, 2.24) is 0 Å². The summed E-state index contributed by atoms with van der Waals surface area (Å²) in [5.74, 6) is 0. The molecule has 10 heavy (non-hydrogen) atoms. The van der Waals surface area contributed by atoms with Gasteiger partial charge >= 0.3 is 0 Å². The van der Waals surface area contributed by atoms with Crippen LogP contribution in [0, 0.1) is 0 Å². The average Bonchev–Trinajstić information content (AvgIpc) is 2.06. The molecule has 1 fully saturated rings. The molecule has 0 N–H and O–H groups in total. The van der Waals surface area contributed by atoms with Gasteiger partial charge < -0.3 is 4.43 Å². The Kier molecular flexibility index (Phi) is 2.65. The minimum atomic E-state index is -1.19. The maximum atomic E-state index is 5.53. The van der Waals surface area contributed by atoms with Gasteiger partial charge in [0.15, 0.2) is 9.28 Å². The van der Waals surface area contributed by atoms with Gasteiger partial charge in [0.1, 0.15) is 7.59 Å². The van der Waals surface area contributed by atoms with Gasteiger partial charge in [0, 0.05) is 6.61 Å². The molecule has 1 nitrogen and oxygen atoms in total. The Morgan fingerprint density at radius 2 is 2.10 bits per heavy atom. The number of hydrogen-bond donors (Lipinski definition) is 0. The first kappa shape index (κ1) is 7.98. The van der Waals surface area contributed by atoms with Crippen molar-refractivity contribution in [1.29, 1.82) is 0 Å². The first-order chi connectivity index (χ1) is 4.83. The van der Waals surface area contributed by atoms with E-state index in [2.05, 4.69) is 24.6 Å². The smallest absolute Gasteiger partial charge is 0.160 e. The van der Waals surface area contributed by atoms with Gasteiger partial charge in [-0.2, -0.15) is 0 Å². The van der Waals surface area contributed by atoms with Crippen molar-refractivity contribution in [3.05, 3.63) is 24.6 Å². The highest BCUT2D eigenvalue weighted by atomic mass is 29.2. The summed E-state index contributed by atoms with van der Waals surface area (Å²) in [6.45, 7) is 8.73. The molecule has 1 aliphatic heterocycles. The summed E-state index contributed by atoms with van der Waals surface area (Å²) in [6.07, 6.45) is 1.22. The quantitative estimate of drug-likeness (QED) is 0.559. The Morgan fingerprint density at radius 1 is 1.40 bits per heavy atom. The van der Waals surface area contributed by atoms with Crippen molar-refractivity contribution in [2.45, 2.75) is 12.5 Å². The summed E-state index contributed by atoms with van der Waals surface area (Å²) in [6, 6.07) is 1.34. The van der Waals surface area contributed by atoms with Crippen LogP contribution in [-0.4, -0.2) is 23.5 Å². The van der Waals surface area contributed by atoms with Crippen LogP contribution in [0.25, 0.3) is 0 Å². The van der Waals surface area contributed by atoms with Crippen molar-refractivity contribution < 1.29 is 4.43 Å². The van der Waals surface area contributed by atoms with E-state index in [1.807, 2.05) is 0 Å². The van der Waals surface area contributed by atoms with E-state index in [4.69, 9.17) is 4.43 Å². The molecule has 1 saturated heterocycles. The summed E-state index contributed by atoms with van der Waals surface area (Å²) >= 11 is 0. The Morgan fingerprint density at radius 3 is 2.40 bits per heavy atom. The molecule has 1 rings (SSSR count). The molecule has 0 spiro atoms. The molecule has 0 aromatic rings. The second-order valence-corrected chi connectivity index (χ2v) is 12.1. The van der Waals surface area contributed by atoms with Crippen LogP contribution in [0.2, 0.25) is 6.04 Å². The molecule has 0 saturated carbocycles. The van der Waals surface area contributed by atoms with E-state index in [-0.39, 0.29) is 9.28 Å². The van der Waals surface area contributed by atoms with Gasteiger partial charge in [-0.1, -0.05) is 11.4 Å². The summed E-state index contributed by atoms with van der Waals surface area (Å²) in [5.41, 5.74) is 4.29. The maximum absolute atomic E-state index is 5.53. The van der Waals surface area contributed by atoms with Crippen LogP contribution in [0.4, 0.5) is 0 Å². The third kappa shape index (κ3) is 1.48. The lowest BCUT2D eigenvalue weighted by Gasteiger charge is -2.27. The van der Waals surface area contributed by atoms with Crippen LogP contribution in [0.15, 0.2) is 24.6 Å². The third-order valence-electron chi connectivity index (χ3n) is 2.11. The molecule has 0 radical (unpaired) electrons. The van der Waals surface area contributed by atoms with Crippen LogP contribution in [0.3, 0.4) is 0 Å².